The zero-order valence-electron chi connectivity index (χ0n) is 11.0. The van der Waals surface area contributed by atoms with E-state index in [4.69, 9.17) is 16.9 Å². The van der Waals surface area contributed by atoms with E-state index in [2.05, 4.69) is 5.32 Å². The molecular weight excluding hydrogens is 275 g/mol. The summed E-state index contributed by atoms with van der Waals surface area (Å²) in [7, 11) is 0. The Kier molecular flexibility index (Phi) is 4.73. The van der Waals surface area contributed by atoms with Gasteiger partial charge in [-0.2, -0.15) is 5.26 Å². The first kappa shape index (κ1) is 14.5. The molecule has 2 rings (SSSR count). The first-order valence-electron chi connectivity index (χ1n) is 6.27. The molecule has 0 heterocycles. The highest BCUT2D eigenvalue weighted by molar-refractivity contribution is 6.30. The minimum absolute atomic E-state index is 0.0857. The van der Waals surface area contributed by atoms with Crippen LogP contribution in [0.2, 0.25) is 5.02 Å². The van der Waals surface area contributed by atoms with E-state index in [0.717, 1.165) is 11.1 Å². The van der Waals surface area contributed by atoms with Gasteiger partial charge < -0.3 is 5.32 Å². The molecule has 2 aromatic carbocycles. The maximum absolute atomic E-state index is 13.3. The molecule has 0 radical (unpaired) electrons. The Labute approximate surface area is 122 Å². The average Bonchev–Trinajstić information content (AvgIpc) is 2.44. The smallest absolute Gasteiger partial charge is 0.124 e. The van der Waals surface area contributed by atoms with Crippen LogP contribution >= 0.6 is 11.6 Å². The highest BCUT2D eigenvalue weighted by Gasteiger charge is 2.06. The summed E-state index contributed by atoms with van der Waals surface area (Å²) in [6.45, 7) is 2.50. The number of rotatable bonds is 4. The summed E-state index contributed by atoms with van der Waals surface area (Å²) < 4.78 is 13.3. The van der Waals surface area contributed by atoms with Crippen LogP contribution in [0, 0.1) is 17.1 Å². The van der Waals surface area contributed by atoms with Gasteiger partial charge in [-0.3, -0.25) is 0 Å². The molecule has 0 unspecified atom stereocenters. The number of hydrogen-bond acceptors (Lipinski definition) is 2. The van der Waals surface area contributed by atoms with Crippen LogP contribution in [-0.4, -0.2) is 0 Å². The molecule has 2 aromatic rings. The standard InChI is InChI=1S/C16H14ClFN2/c1-11(14-3-2-4-15(17)8-14)20-10-13-5-12(9-19)6-16(18)7-13/h2-8,11,20H,10H2,1H3/t11-/m0/s1. The van der Waals surface area contributed by atoms with Gasteiger partial charge in [0.25, 0.3) is 0 Å². The van der Waals surface area contributed by atoms with E-state index >= 15 is 0 Å². The number of hydrogen-bond donors (Lipinski definition) is 1. The Morgan fingerprint density at radius 2 is 2.10 bits per heavy atom. The van der Waals surface area contributed by atoms with Gasteiger partial charge >= 0.3 is 0 Å². The molecule has 102 valence electrons. The van der Waals surface area contributed by atoms with Crippen molar-refractivity contribution in [3.05, 3.63) is 70.0 Å². The van der Waals surface area contributed by atoms with Gasteiger partial charge in [0.2, 0.25) is 0 Å². The molecule has 0 saturated carbocycles. The van der Waals surface area contributed by atoms with Crippen LogP contribution in [0.15, 0.2) is 42.5 Å². The molecular formula is C16H14ClFN2. The Balaban J connectivity index is 2.05. The summed E-state index contributed by atoms with van der Waals surface area (Å²) in [5.41, 5.74) is 2.14. The molecule has 4 heteroatoms. The van der Waals surface area contributed by atoms with E-state index in [9.17, 15) is 4.39 Å². The van der Waals surface area contributed by atoms with Crippen LogP contribution in [0.25, 0.3) is 0 Å². The summed E-state index contributed by atoms with van der Waals surface area (Å²) in [6, 6.07) is 14.0. The maximum atomic E-state index is 13.3. The average molecular weight is 289 g/mol. The van der Waals surface area contributed by atoms with Gasteiger partial charge in [-0.25, -0.2) is 4.39 Å². The van der Waals surface area contributed by atoms with Crippen molar-refractivity contribution in [3.63, 3.8) is 0 Å². The lowest BCUT2D eigenvalue weighted by atomic mass is 10.1. The van der Waals surface area contributed by atoms with E-state index in [1.807, 2.05) is 37.3 Å². The first-order valence-corrected chi connectivity index (χ1v) is 6.64. The molecule has 20 heavy (non-hydrogen) atoms. The predicted octanol–water partition coefficient (Wildman–Crippen LogP) is 4.20. The van der Waals surface area contributed by atoms with Crippen LogP contribution in [0.3, 0.4) is 0 Å². The van der Waals surface area contributed by atoms with Gasteiger partial charge in [-0.1, -0.05) is 23.7 Å². The fourth-order valence-electron chi connectivity index (χ4n) is 1.98. The van der Waals surface area contributed by atoms with Crippen molar-refractivity contribution in [1.82, 2.24) is 5.32 Å². The SMILES string of the molecule is C[C@H](NCc1cc(F)cc(C#N)c1)c1cccc(Cl)c1. The number of benzene rings is 2. The Morgan fingerprint density at radius 1 is 1.30 bits per heavy atom. The van der Waals surface area contributed by atoms with Crippen molar-refractivity contribution in [2.45, 2.75) is 19.5 Å². The van der Waals surface area contributed by atoms with Gasteiger partial charge in [0.05, 0.1) is 11.6 Å². The number of halogens is 2. The number of nitrogens with one attached hydrogen (secondary N) is 1. The molecule has 0 bridgehead atoms. The predicted molar refractivity (Wildman–Crippen MR) is 77.8 cm³/mol. The van der Waals surface area contributed by atoms with Gasteiger partial charge in [0.15, 0.2) is 0 Å². The van der Waals surface area contributed by atoms with E-state index < -0.39 is 5.82 Å². The third-order valence-electron chi connectivity index (χ3n) is 3.05. The third kappa shape index (κ3) is 3.80. The van der Waals surface area contributed by atoms with Crippen molar-refractivity contribution in [2.75, 3.05) is 0 Å². The van der Waals surface area contributed by atoms with Crippen molar-refractivity contribution in [3.8, 4) is 6.07 Å². The lowest BCUT2D eigenvalue weighted by Crippen LogP contribution is -2.18. The first-order chi connectivity index (χ1) is 9.58. The zero-order valence-corrected chi connectivity index (χ0v) is 11.8. The lowest BCUT2D eigenvalue weighted by molar-refractivity contribution is 0.569. The molecule has 0 spiro atoms. The Bertz CT molecular complexity index is 649. The highest BCUT2D eigenvalue weighted by Crippen LogP contribution is 2.18. The summed E-state index contributed by atoms with van der Waals surface area (Å²) >= 11 is 5.95. The maximum Gasteiger partial charge on any atom is 0.124 e. The summed E-state index contributed by atoms with van der Waals surface area (Å²) in [5, 5.41) is 12.8. The van der Waals surface area contributed by atoms with E-state index in [0.29, 0.717) is 17.1 Å². The van der Waals surface area contributed by atoms with Gasteiger partial charge in [-0.05, 0) is 48.4 Å². The topological polar surface area (TPSA) is 35.8 Å². The number of nitriles is 1. The monoisotopic (exact) mass is 288 g/mol. The molecule has 0 amide bonds. The third-order valence-corrected chi connectivity index (χ3v) is 3.28. The molecule has 1 N–H and O–H groups in total. The van der Waals surface area contributed by atoms with Crippen LogP contribution in [-0.2, 0) is 6.54 Å². The minimum atomic E-state index is -0.392. The van der Waals surface area contributed by atoms with E-state index in [1.165, 1.54) is 12.1 Å². The molecule has 2 nitrogen and oxygen atoms in total. The summed E-state index contributed by atoms with van der Waals surface area (Å²) in [5.74, 6) is -0.392. The van der Waals surface area contributed by atoms with E-state index in [1.54, 1.807) is 6.07 Å². The minimum Gasteiger partial charge on any atom is -0.306 e. The molecule has 0 aromatic heterocycles. The normalized spacial score (nSPS) is 11.9. The highest BCUT2D eigenvalue weighted by atomic mass is 35.5. The molecule has 1 atom stereocenters. The Hall–Kier alpha value is -1.89. The van der Waals surface area contributed by atoms with Crippen molar-refractivity contribution in [1.29, 1.82) is 5.26 Å². The quantitative estimate of drug-likeness (QED) is 0.915. The second kappa shape index (κ2) is 6.51. The van der Waals surface area contributed by atoms with Crippen molar-refractivity contribution in [2.24, 2.45) is 0 Å². The van der Waals surface area contributed by atoms with Crippen LogP contribution in [0.4, 0.5) is 4.39 Å². The lowest BCUT2D eigenvalue weighted by Gasteiger charge is -2.14. The second-order valence-corrected chi connectivity index (χ2v) is 5.05. The summed E-state index contributed by atoms with van der Waals surface area (Å²) in [6.07, 6.45) is 0. The molecule has 0 aliphatic carbocycles. The van der Waals surface area contributed by atoms with Crippen LogP contribution in [0.5, 0.6) is 0 Å². The second-order valence-electron chi connectivity index (χ2n) is 4.62. The fraction of sp³-hybridized carbons (Fsp3) is 0.188. The van der Waals surface area contributed by atoms with Crippen LogP contribution < -0.4 is 5.32 Å². The zero-order chi connectivity index (χ0) is 14.5. The number of nitrogens with zero attached hydrogens (tertiary/aromatic N) is 1. The fourth-order valence-corrected chi connectivity index (χ4v) is 2.18. The summed E-state index contributed by atoms with van der Waals surface area (Å²) in [4.78, 5) is 0. The largest absolute Gasteiger partial charge is 0.306 e. The van der Waals surface area contributed by atoms with Gasteiger partial charge in [0, 0.05) is 17.6 Å². The Morgan fingerprint density at radius 3 is 2.80 bits per heavy atom. The van der Waals surface area contributed by atoms with Crippen molar-refractivity contribution < 1.29 is 4.39 Å². The van der Waals surface area contributed by atoms with Crippen molar-refractivity contribution >= 4 is 11.6 Å². The molecule has 0 aliphatic heterocycles. The van der Waals surface area contributed by atoms with Gasteiger partial charge in [-0.15, -0.1) is 0 Å². The molecule has 0 saturated heterocycles. The molecule has 0 fully saturated rings. The van der Waals surface area contributed by atoms with Gasteiger partial charge in [0.1, 0.15) is 5.82 Å². The molecule has 0 aliphatic rings. The van der Waals surface area contributed by atoms with E-state index in [-0.39, 0.29) is 6.04 Å². The van der Waals surface area contributed by atoms with Crippen LogP contribution in [0.1, 0.15) is 29.7 Å².